The summed E-state index contributed by atoms with van der Waals surface area (Å²) in [5, 5.41) is 17.8. The second-order valence-electron chi connectivity index (χ2n) is 3.41. The van der Waals surface area contributed by atoms with Gasteiger partial charge >= 0.3 is 6.03 Å². The molecule has 0 aromatic heterocycles. The average Bonchev–Trinajstić information content (AvgIpc) is 2.65. The topological polar surface area (TPSA) is 73.4 Å². The molecule has 1 aromatic carbocycles. The van der Waals surface area contributed by atoms with Gasteiger partial charge in [0.05, 0.1) is 5.69 Å². The lowest BCUT2D eigenvalue weighted by molar-refractivity contribution is 0.254. The highest BCUT2D eigenvalue weighted by Crippen LogP contribution is 2.33. The second kappa shape index (κ2) is 3.68. The third-order valence-electron chi connectivity index (χ3n) is 2.41. The minimum Gasteiger partial charge on any atom is -0.506 e. The van der Waals surface area contributed by atoms with Crippen LogP contribution in [0.5, 0.6) is 5.75 Å². The van der Waals surface area contributed by atoms with Gasteiger partial charge in [-0.25, -0.2) is 4.79 Å². The lowest BCUT2D eigenvalue weighted by Gasteiger charge is -2.09. The van der Waals surface area contributed by atoms with E-state index in [0.717, 1.165) is 24.2 Å². The molecule has 80 valence electrons. The first kappa shape index (κ1) is 9.64. The van der Waals surface area contributed by atoms with Crippen molar-refractivity contribution >= 4 is 17.4 Å². The van der Waals surface area contributed by atoms with E-state index in [4.69, 9.17) is 0 Å². The predicted octanol–water partition coefficient (Wildman–Crippen LogP) is 1.11. The smallest absolute Gasteiger partial charge is 0.319 e. The number of aromatic hydroxyl groups is 1. The van der Waals surface area contributed by atoms with Crippen molar-refractivity contribution in [2.24, 2.45) is 0 Å². The molecule has 4 N–H and O–H groups in total. The fraction of sp³-hybridized carbons (Fsp3) is 0.300. The van der Waals surface area contributed by atoms with Gasteiger partial charge in [0.25, 0.3) is 0 Å². The van der Waals surface area contributed by atoms with E-state index >= 15 is 0 Å². The third-order valence-corrected chi connectivity index (χ3v) is 2.41. The van der Waals surface area contributed by atoms with E-state index in [1.165, 1.54) is 7.05 Å². The maximum Gasteiger partial charge on any atom is 0.319 e. The number of hydrogen-bond donors (Lipinski definition) is 4. The number of hydrogen-bond acceptors (Lipinski definition) is 3. The highest BCUT2D eigenvalue weighted by Gasteiger charge is 2.14. The van der Waals surface area contributed by atoms with Crippen LogP contribution in [0.1, 0.15) is 5.56 Å². The SMILES string of the molecule is CNC(=O)Nc1cc2c(cc1O)CCN2. The first-order valence-electron chi connectivity index (χ1n) is 4.79. The summed E-state index contributed by atoms with van der Waals surface area (Å²) in [6.45, 7) is 0.873. The Hall–Kier alpha value is -1.91. The monoisotopic (exact) mass is 207 g/mol. The first-order valence-corrected chi connectivity index (χ1v) is 4.79. The summed E-state index contributed by atoms with van der Waals surface area (Å²) in [5.74, 6) is 0.0982. The Bertz CT molecular complexity index is 404. The number of phenols is 1. The maximum absolute atomic E-state index is 11.1. The zero-order chi connectivity index (χ0) is 10.8. The lowest BCUT2D eigenvalue weighted by atomic mass is 10.1. The van der Waals surface area contributed by atoms with E-state index in [-0.39, 0.29) is 11.8 Å². The fourth-order valence-corrected chi connectivity index (χ4v) is 1.62. The zero-order valence-corrected chi connectivity index (χ0v) is 8.42. The molecule has 1 aliphatic rings. The van der Waals surface area contributed by atoms with Crippen molar-refractivity contribution in [2.75, 3.05) is 24.2 Å². The van der Waals surface area contributed by atoms with Crippen LogP contribution in [0.15, 0.2) is 12.1 Å². The molecule has 0 unspecified atom stereocenters. The van der Waals surface area contributed by atoms with Crippen LogP contribution >= 0.6 is 0 Å². The van der Waals surface area contributed by atoms with Gasteiger partial charge in [0, 0.05) is 19.3 Å². The molecule has 1 aromatic rings. The number of benzene rings is 1. The molecule has 0 saturated carbocycles. The molecular formula is C10H13N3O2. The number of carbonyl (C=O) groups excluding carboxylic acids is 1. The van der Waals surface area contributed by atoms with Gasteiger partial charge in [-0.1, -0.05) is 0 Å². The Kier molecular flexibility index (Phi) is 2.37. The molecule has 0 spiro atoms. The van der Waals surface area contributed by atoms with Crippen LogP contribution in [0.3, 0.4) is 0 Å². The van der Waals surface area contributed by atoms with Crippen molar-refractivity contribution in [3.63, 3.8) is 0 Å². The van der Waals surface area contributed by atoms with Gasteiger partial charge in [-0.15, -0.1) is 0 Å². The molecule has 2 amide bonds. The maximum atomic E-state index is 11.1. The van der Waals surface area contributed by atoms with Crippen molar-refractivity contribution in [3.8, 4) is 5.75 Å². The van der Waals surface area contributed by atoms with Crippen molar-refractivity contribution < 1.29 is 9.90 Å². The first-order chi connectivity index (χ1) is 7.20. The quantitative estimate of drug-likeness (QED) is 0.412. The van der Waals surface area contributed by atoms with Crippen molar-refractivity contribution in [3.05, 3.63) is 17.7 Å². The number of phenolic OH excluding ortho intramolecular Hbond substituents is 1. The molecule has 0 atom stereocenters. The van der Waals surface area contributed by atoms with E-state index in [2.05, 4.69) is 16.0 Å². The number of amides is 2. The summed E-state index contributed by atoms with van der Waals surface area (Å²) >= 11 is 0. The molecule has 15 heavy (non-hydrogen) atoms. The Balaban J connectivity index is 2.28. The predicted molar refractivity (Wildman–Crippen MR) is 58.4 cm³/mol. The van der Waals surface area contributed by atoms with Gasteiger partial charge in [0.2, 0.25) is 0 Å². The standard InChI is InChI=1S/C10H13N3O2/c1-11-10(15)13-8-5-7-6(2-3-12-7)4-9(8)14/h4-5,12,14H,2-3H2,1H3,(H2,11,13,15). The minimum absolute atomic E-state index is 0.0982. The van der Waals surface area contributed by atoms with Crippen LogP contribution in [0, 0.1) is 0 Å². The molecule has 0 saturated heterocycles. The summed E-state index contributed by atoms with van der Waals surface area (Å²) in [4.78, 5) is 11.1. The zero-order valence-electron chi connectivity index (χ0n) is 8.42. The molecular weight excluding hydrogens is 194 g/mol. The number of fused-ring (bicyclic) bond motifs is 1. The Morgan fingerprint density at radius 2 is 2.33 bits per heavy atom. The Morgan fingerprint density at radius 1 is 1.53 bits per heavy atom. The minimum atomic E-state index is -0.344. The molecule has 2 rings (SSSR count). The van der Waals surface area contributed by atoms with Gasteiger partial charge in [-0.2, -0.15) is 0 Å². The largest absolute Gasteiger partial charge is 0.506 e. The van der Waals surface area contributed by atoms with E-state index < -0.39 is 0 Å². The molecule has 0 bridgehead atoms. The average molecular weight is 207 g/mol. The number of urea groups is 1. The van der Waals surface area contributed by atoms with Crippen molar-refractivity contribution in [1.82, 2.24) is 5.32 Å². The molecule has 1 heterocycles. The number of anilines is 2. The summed E-state index contributed by atoms with van der Waals surface area (Å²) < 4.78 is 0. The van der Waals surface area contributed by atoms with Crippen molar-refractivity contribution in [1.29, 1.82) is 0 Å². The summed E-state index contributed by atoms with van der Waals surface area (Å²) in [5.41, 5.74) is 2.47. The van der Waals surface area contributed by atoms with Gasteiger partial charge in [-0.05, 0) is 24.1 Å². The van der Waals surface area contributed by atoms with Gasteiger partial charge < -0.3 is 21.1 Å². The fourth-order valence-electron chi connectivity index (χ4n) is 1.62. The molecule has 0 radical (unpaired) electrons. The van der Waals surface area contributed by atoms with Crippen LogP contribution in [-0.4, -0.2) is 24.7 Å². The van der Waals surface area contributed by atoms with Crippen molar-refractivity contribution in [2.45, 2.75) is 6.42 Å². The Labute approximate surface area is 87.5 Å². The van der Waals surface area contributed by atoms with Gasteiger partial charge in [-0.3, -0.25) is 0 Å². The molecule has 1 aliphatic heterocycles. The van der Waals surface area contributed by atoms with Crippen LogP contribution in [0.25, 0.3) is 0 Å². The van der Waals surface area contributed by atoms with Crippen LogP contribution in [0.2, 0.25) is 0 Å². The highest BCUT2D eigenvalue weighted by atomic mass is 16.3. The number of carbonyl (C=O) groups is 1. The van der Waals surface area contributed by atoms with Gasteiger partial charge in [0.15, 0.2) is 0 Å². The molecule has 0 fully saturated rings. The van der Waals surface area contributed by atoms with E-state index in [9.17, 15) is 9.90 Å². The van der Waals surface area contributed by atoms with Crippen LogP contribution in [-0.2, 0) is 6.42 Å². The normalized spacial score (nSPS) is 12.9. The van der Waals surface area contributed by atoms with E-state index in [0.29, 0.717) is 5.69 Å². The third kappa shape index (κ3) is 1.81. The molecule has 5 heteroatoms. The Morgan fingerprint density at radius 3 is 3.07 bits per heavy atom. The molecule has 5 nitrogen and oxygen atoms in total. The van der Waals surface area contributed by atoms with E-state index in [1.807, 2.05) is 0 Å². The highest BCUT2D eigenvalue weighted by molar-refractivity contribution is 5.91. The number of nitrogens with one attached hydrogen (secondary N) is 3. The lowest BCUT2D eigenvalue weighted by Crippen LogP contribution is -2.24. The van der Waals surface area contributed by atoms with Crippen LogP contribution < -0.4 is 16.0 Å². The summed E-state index contributed by atoms with van der Waals surface area (Å²) in [7, 11) is 1.53. The number of rotatable bonds is 1. The van der Waals surface area contributed by atoms with Crippen LogP contribution in [0.4, 0.5) is 16.2 Å². The van der Waals surface area contributed by atoms with E-state index in [1.54, 1.807) is 12.1 Å². The second-order valence-corrected chi connectivity index (χ2v) is 3.41. The van der Waals surface area contributed by atoms with Gasteiger partial charge in [0.1, 0.15) is 5.75 Å². The molecule has 0 aliphatic carbocycles. The summed E-state index contributed by atoms with van der Waals surface area (Å²) in [6, 6.07) is 3.08. The summed E-state index contributed by atoms with van der Waals surface area (Å²) in [6.07, 6.45) is 0.906.